The Morgan fingerprint density at radius 2 is 1.55 bits per heavy atom. The molecule has 3 aromatic rings. The zero-order valence-electron chi connectivity index (χ0n) is 24.8. The predicted octanol–water partition coefficient (Wildman–Crippen LogP) is 5.19. The molecule has 236 valence electrons. The lowest BCUT2D eigenvalue weighted by atomic mass is 9.97. The van der Waals surface area contributed by atoms with Gasteiger partial charge in [-0.3, -0.25) is 14.8 Å². The normalized spacial score (nSPS) is 18.1. The van der Waals surface area contributed by atoms with E-state index in [1.807, 2.05) is 72.8 Å². The second-order valence-corrected chi connectivity index (χ2v) is 12.0. The summed E-state index contributed by atoms with van der Waals surface area (Å²) in [7, 11) is 0. The molecule has 2 amide bonds. The monoisotopic (exact) mass is 622 g/mol. The lowest BCUT2D eigenvalue weighted by molar-refractivity contribution is -0.245. The number of aliphatic hydroxyl groups excluding tert-OH is 2. The first-order chi connectivity index (χ1) is 21.5. The number of amides is 2. The van der Waals surface area contributed by atoms with E-state index in [4.69, 9.17) is 14.7 Å². The Hall–Kier alpha value is -3.25. The number of carbonyl (C=O) groups excluding carboxylic acids is 2. The largest absolute Gasteiger partial charge is 0.396 e. The van der Waals surface area contributed by atoms with Crippen LogP contribution in [0.2, 0.25) is 0 Å². The third kappa shape index (κ3) is 10.2. The highest BCUT2D eigenvalue weighted by atomic mass is 32.2. The van der Waals surface area contributed by atoms with E-state index < -0.39 is 12.2 Å². The van der Waals surface area contributed by atoms with E-state index in [0.717, 1.165) is 45.6 Å². The summed E-state index contributed by atoms with van der Waals surface area (Å²) in [5, 5.41) is 30.2. The van der Waals surface area contributed by atoms with Crippen molar-refractivity contribution < 1.29 is 34.5 Å². The summed E-state index contributed by atoms with van der Waals surface area (Å²) < 4.78 is 12.8. The van der Waals surface area contributed by atoms with Crippen molar-refractivity contribution in [2.45, 2.75) is 70.2 Å². The van der Waals surface area contributed by atoms with Crippen LogP contribution in [0.4, 0.5) is 0 Å². The minimum Gasteiger partial charge on any atom is -0.396 e. The maximum atomic E-state index is 12.4. The molecule has 0 aliphatic carbocycles. The number of aliphatic hydroxyl groups is 2. The molecule has 4 rings (SSSR count). The van der Waals surface area contributed by atoms with Crippen molar-refractivity contribution in [1.29, 1.82) is 0 Å². The molecular formula is C34H42N2O7S. The van der Waals surface area contributed by atoms with E-state index in [1.54, 1.807) is 17.2 Å². The van der Waals surface area contributed by atoms with Crippen molar-refractivity contribution in [2.75, 3.05) is 18.1 Å². The number of hydrogen-bond acceptors (Lipinski definition) is 8. The molecule has 9 nitrogen and oxygen atoms in total. The van der Waals surface area contributed by atoms with Crippen LogP contribution in [0.3, 0.4) is 0 Å². The molecule has 10 heteroatoms. The van der Waals surface area contributed by atoms with Crippen LogP contribution in [0.25, 0.3) is 11.1 Å². The zero-order chi connectivity index (χ0) is 31.1. The van der Waals surface area contributed by atoms with Crippen molar-refractivity contribution in [3.8, 4) is 11.1 Å². The third-order valence-corrected chi connectivity index (χ3v) is 8.65. The number of ether oxygens (including phenoxy) is 2. The van der Waals surface area contributed by atoms with Crippen LogP contribution in [-0.4, -0.2) is 51.5 Å². The first-order valence-electron chi connectivity index (χ1n) is 15.1. The fourth-order valence-corrected chi connectivity index (χ4v) is 5.94. The summed E-state index contributed by atoms with van der Waals surface area (Å²) in [5.41, 5.74) is 7.46. The molecule has 0 unspecified atom stereocenters. The Bertz CT molecular complexity index is 1320. The van der Waals surface area contributed by atoms with E-state index in [9.17, 15) is 19.8 Å². The number of hydrogen-bond donors (Lipinski definition) is 5. The van der Waals surface area contributed by atoms with Gasteiger partial charge in [-0.2, -0.15) is 11.8 Å². The maximum Gasteiger partial charge on any atom is 0.243 e. The Morgan fingerprint density at radius 3 is 2.25 bits per heavy atom. The summed E-state index contributed by atoms with van der Waals surface area (Å²) >= 11 is 1.66. The van der Waals surface area contributed by atoms with Crippen LogP contribution in [0.5, 0.6) is 0 Å². The van der Waals surface area contributed by atoms with Gasteiger partial charge < -0.3 is 25.0 Å². The number of rotatable bonds is 16. The van der Waals surface area contributed by atoms with Crippen LogP contribution in [0.1, 0.15) is 73.2 Å². The standard InChI is InChI=1S/C34H42N2O7S/c37-18-19-44-23-29-20-31(26-12-10-24(22-38)11-13-26)43-34(42-29)27-16-14-25(15-17-27)30-7-5-4-6-28(30)21-35-32(39)8-2-1-3-9-33(40)36-41/h4-7,10-17,29,31,34,37-38,41H,1-3,8-9,18-23H2,(H,35,39)(H,36,40)/t29-,31+,34+/m1/s1. The van der Waals surface area contributed by atoms with Gasteiger partial charge in [-0.05, 0) is 40.7 Å². The number of thioether (sulfide) groups is 1. The van der Waals surface area contributed by atoms with Gasteiger partial charge in [-0.1, -0.05) is 79.2 Å². The Kier molecular flexibility index (Phi) is 13.7. The quantitative estimate of drug-likeness (QED) is 0.0837. The lowest BCUT2D eigenvalue weighted by Crippen LogP contribution is -2.31. The molecule has 0 bridgehead atoms. The highest BCUT2D eigenvalue weighted by Crippen LogP contribution is 2.39. The number of nitrogens with one attached hydrogen (secondary N) is 2. The molecule has 3 atom stereocenters. The first-order valence-corrected chi connectivity index (χ1v) is 16.2. The van der Waals surface area contributed by atoms with Gasteiger partial charge in [0.1, 0.15) is 0 Å². The molecule has 1 fully saturated rings. The van der Waals surface area contributed by atoms with Gasteiger partial charge in [0.25, 0.3) is 0 Å². The van der Waals surface area contributed by atoms with E-state index in [0.29, 0.717) is 38.0 Å². The van der Waals surface area contributed by atoms with Crippen LogP contribution in [0, 0.1) is 0 Å². The van der Waals surface area contributed by atoms with Crippen LogP contribution >= 0.6 is 11.8 Å². The van der Waals surface area contributed by atoms with Gasteiger partial charge in [0.05, 0.1) is 25.4 Å². The number of unbranched alkanes of at least 4 members (excludes halogenated alkanes) is 2. The van der Waals surface area contributed by atoms with E-state index in [2.05, 4.69) is 5.32 Å². The van der Waals surface area contributed by atoms with E-state index >= 15 is 0 Å². The molecule has 0 radical (unpaired) electrons. The average molecular weight is 623 g/mol. The first kappa shape index (κ1) is 33.6. The second-order valence-electron chi connectivity index (χ2n) is 10.8. The van der Waals surface area contributed by atoms with Crippen molar-refractivity contribution in [2.24, 2.45) is 0 Å². The molecule has 1 heterocycles. The SMILES string of the molecule is O=C(CCCCCC(=O)NCc1ccccc1-c1ccc([C@H]2O[C@@H](CSCCO)C[C@@H](c3ccc(CO)cc3)O2)cc1)NO. The number of hydroxylamine groups is 1. The number of carbonyl (C=O) groups is 2. The van der Waals surface area contributed by atoms with E-state index in [-0.39, 0.29) is 37.7 Å². The summed E-state index contributed by atoms with van der Waals surface area (Å²) in [5.74, 6) is 0.954. The molecule has 0 aromatic heterocycles. The molecule has 1 saturated heterocycles. The van der Waals surface area contributed by atoms with E-state index in [1.165, 1.54) is 0 Å². The third-order valence-electron chi connectivity index (χ3n) is 7.57. The van der Waals surface area contributed by atoms with Gasteiger partial charge in [-0.25, -0.2) is 5.48 Å². The molecular weight excluding hydrogens is 580 g/mol. The smallest absolute Gasteiger partial charge is 0.243 e. The predicted molar refractivity (Wildman–Crippen MR) is 170 cm³/mol. The van der Waals surface area contributed by atoms with Crippen LogP contribution in [0.15, 0.2) is 72.8 Å². The topological polar surface area (TPSA) is 137 Å². The Labute approximate surface area is 262 Å². The molecule has 5 N–H and O–H groups in total. The molecule has 0 spiro atoms. The van der Waals surface area contributed by atoms with Gasteiger partial charge in [0.15, 0.2) is 6.29 Å². The summed E-state index contributed by atoms with van der Waals surface area (Å²) in [6, 6.07) is 23.9. The molecule has 3 aromatic carbocycles. The van der Waals surface area contributed by atoms with Crippen molar-refractivity contribution in [1.82, 2.24) is 10.8 Å². The summed E-state index contributed by atoms with van der Waals surface area (Å²) in [4.78, 5) is 23.5. The zero-order valence-corrected chi connectivity index (χ0v) is 25.6. The molecule has 0 saturated carbocycles. The van der Waals surface area contributed by atoms with Gasteiger partial charge in [-0.15, -0.1) is 0 Å². The summed E-state index contributed by atoms with van der Waals surface area (Å²) in [6.07, 6.45) is 2.60. The Morgan fingerprint density at radius 1 is 0.841 bits per heavy atom. The molecule has 44 heavy (non-hydrogen) atoms. The highest BCUT2D eigenvalue weighted by molar-refractivity contribution is 7.99. The fourth-order valence-electron chi connectivity index (χ4n) is 5.16. The highest BCUT2D eigenvalue weighted by Gasteiger charge is 2.32. The maximum absolute atomic E-state index is 12.4. The molecule has 1 aliphatic heterocycles. The minimum atomic E-state index is -0.549. The molecule has 1 aliphatic rings. The van der Waals surface area contributed by atoms with Gasteiger partial charge in [0, 0.05) is 42.9 Å². The minimum absolute atomic E-state index is 0.00510. The van der Waals surface area contributed by atoms with Crippen LogP contribution in [-0.2, 0) is 32.2 Å². The lowest BCUT2D eigenvalue weighted by Gasteiger charge is -2.36. The summed E-state index contributed by atoms with van der Waals surface area (Å²) in [6.45, 7) is 0.528. The number of benzene rings is 3. The van der Waals surface area contributed by atoms with Gasteiger partial charge >= 0.3 is 0 Å². The van der Waals surface area contributed by atoms with Gasteiger partial charge in [0.2, 0.25) is 11.8 Å². The van der Waals surface area contributed by atoms with Crippen LogP contribution < -0.4 is 10.8 Å². The fraction of sp³-hybridized carbons (Fsp3) is 0.412. The average Bonchev–Trinajstić information content (AvgIpc) is 3.07. The van der Waals surface area contributed by atoms with Crippen molar-refractivity contribution >= 4 is 23.6 Å². The van der Waals surface area contributed by atoms with Crippen molar-refractivity contribution in [3.63, 3.8) is 0 Å². The van der Waals surface area contributed by atoms with Crippen molar-refractivity contribution in [3.05, 3.63) is 95.1 Å². The Balaban J connectivity index is 1.39. The second kappa shape index (κ2) is 17.9.